The average molecular weight is 262 g/mol. The van der Waals surface area contributed by atoms with Gasteiger partial charge >= 0.3 is 0 Å². The van der Waals surface area contributed by atoms with E-state index in [-0.39, 0.29) is 0 Å². The second-order valence-electron chi connectivity index (χ2n) is 5.72. The molecule has 0 aromatic heterocycles. The Morgan fingerprint density at radius 2 is 2.00 bits per heavy atom. The summed E-state index contributed by atoms with van der Waals surface area (Å²) in [6.45, 7) is 7.47. The minimum Gasteiger partial charge on any atom is -0.492 e. The summed E-state index contributed by atoms with van der Waals surface area (Å²) in [5.74, 6) is 1.66. The fraction of sp³-hybridized carbons (Fsp3) is 0.625. The molecular formula is C16H26N2O. The van der Waals surface area contributed by atoms with E-state index in [0.29, 0.717) is 18.0 Å². The standard InChI is InChI=1S/C16H26N2O/c1-13-12-18(3)14(2)11-16(13)17-9-10-19-15-7-5-4-6-8-15/h4-8,13-14,16-17H,9-12H2,1-3H3. The normalized spacial score (nSPS) is 28.3. The smallest absolute Gasteiger partial charge is 0.119 e. The molecule has 106 valence electrons. The predicted molar refractivity (Wildman–Crippen MR) is 79.6 cm³/mol. The van der Waals surface area contributed by atoms with Crippen LogP contribution in [0.4, 0.5) is 0 Å². The highest BCUT2D eigenvalue weighted by Gasteiger charge is 2.28. The Balaban J connectivity index is 1.68. The molecule has 1 heterocycles. The van der Waals surface area contributed by atoms with Crippen molar-refractivity contribution in [2.75, 3.05) is 26.7 Å². The summed E-state index contributed by atoms with van der Waals surface area (Å²) in [7, 11) is 2.22. The van der Waals surface area contributed by atoms with E-state index >= 15 is 0 Å². The highest BCUT2D eigenvalue weighted by molar-refractivity contribution is 5.20. The van der Waals surface area contributed by atoms with Gasteiger partial charge in [-0.2, -0.15) is 0 Å². The van der Waals surface area contributed by atoms with E-state index < -0.39 is 0 Å². The molecule has 3 nitrogen and oxygen atoms in total. The molecule has 0 aliphatic carbocycles. The molecule has 1 fully saturated rings. The van der Waals surface area contributed by atoms with Crippen LogP contribution in [0.15, 0.2) is 30.3 Å². The lowest BCUT2D eigenvalue weighted by Crippen LogP contribution is -2.51. The number of nitrogens with one attached hydrogen (secondary N) is 1. The Hall–Kier alpha value is -1.06. The Kier molecular flexibility index (Phi) is 5.23. The average Bonchev–Trinajstić information content (AvgIpc) is 2.41. The molecule has 2 rings (SSSR count). The lowest BCUT2D eigenvalue weighted by molar-refractivity contribution is 0.119. The van der Waals surface area contributed by atoms with Crippen LogP contribution in [-0.4, -0.2) is 43.7 Å². The second-order valence-corrected chi connectivity index (χ2v) is 5.72. The first-order valence-electron chi connectivity index (χ1n) is 7.28. The van der Waals surface area contributed by atoms with E-state index in [1.807, 2.05) is 30.3 Å². The Bertz CT molecular complexity index is 368. The van der Waals surface area contributed by atoms with Gasteiger partial charge in [0.25, 0.3) is 0 Å². The molecule has 3 unspecified atom stereocenters. The molecule has 0 radical (unpaired) electrons. The zero-order valence-corrected chi connectivity index (χ0v) is 12.3. The number of hydrogen-bond donors (Lipinski definition) is 1. The van der Waals surface area contributed by atoms with Crippen molar-refractivity contribution in [2.24, 2.45) is 5.92 Å². The van der Waals surface area contributed by atoms with Gasteiger partial charge < -0.3 is 15.0 Å². The van der Waals surface area contributed by atoms with Crippen molar-refractivity contribution >= 4 is 0 Å². The Morgan fingerprint density at radius 3 is 2.74 bits per heavy atom. The van der Waals surface area contributed by atoms with Gasteiger partial charge in [0, 0.05) is 25.2 Å². The molecule has 0 saturated carbocycles. The van der Waals surface area contributed by atoms with Crippen molar-refractivity contribution in [1.82, 2.24) is 10.2 Å². The molecule has 3 heteroatoms. The van der Waals surface area contributed by atoms with Crippen LogP contribution in [-0.2, 0) is 0 Å². The first kappa shape index (κ1) is 14.4. The number of rotatable bonds is 5. The van der Waals surface area contributed by atoms with Crippen molar-refractivity contribution < 1.29 is 4.74 Å². The SMILES string of the molecule is CC1CN(C)C(C)CC1NCCOc1ccccc1. The number of hydrogen-bond acceptors (Lipinski definition) is 3. The predicted octanol–water partition coefficient (Wildman–Crippen LogP) is 2.38. The van der Waals surface area contributed by atoms with Crippen molar-refractivity contribution in [3.63, 3.8) is 0 Å². The first-order valence-corrected chi connectivity index (χ1v) is 7.28. The Labute approximate surface area is 116 Å². The topological polar surface area (TPSA) is 24.5 Å². The van der Waals surface area contributed by atoms with Crippen LogP contribution in [0.25, 0.3) is 0 Å². The number of benzene rings is 1. The van der Waals surface area contributed by atoms with Gasteiger partial charge in [0.2, 0.25) is 0 Å². The van der Waals surface area contributed by atoms with Crippen LogP contribution in [0.5, 0.6) is 5.75 Å². The summed E-state index contributed by atoms with van der Waals surface area (Å²) in [4.78, 5) is 2.45. The largest absolute Gasteiger partial charge is 0.492 e. The van der Waals surface area contributed by atoms with Crippen molar-refractivity contribution in [2.45, 2.75) is 32.4 Å². The molecule has 0 bridgehead atoms. The summed E-state index contributed by atoms with van der Waals surface area (Å²) in [5, 5.41) is 3.64. The summed E-state index contributed by atoms with van der Waals surface area (Å²) in [5.41, 5.74) is 0. The lowest BCUT2D eigenvalue weighted by atomic mass is 9.90. The van der Waals surface area contributed by atoms with Gasteiger partial charge in [0.15, 0.2) is 0 Å². The van der Waals surface area contributed by atoms with Gasteiger partial charge in [0.05, 0.1) is 0 Å². The van der Waals surface area contributed by atoms with Gasteiger partial charge in [-0.15, -0.1) is 0 Å². The molecule has 0 spiro atoms. The minimum atomic E-state index is 0.616. The van der Waals surface area contributed by atoms with E-state index in [1.165, 1.54) is 13.0 Å². The monoisotopic (exact) mass is 262 g/mol. The molecule has 1 N–H and O–H groups in total. The summed E-state index contributed by atoms with van der Waals surface area (Å²) in [6.07, 6.45) is 1.23. The number of ether oxygens (including phenoxy) is 1. The van der Waals surface area contributed by atoms with Crippen LogP contribution >= 0.6 is 0 Å². The van der Waals surface area contributed by atoms with Crippen molar-refractivity contribution in [3.8, 4) is 5.75 Å². The van der Waals surface area contributed by atoms with E-state index in [4.69, 9.17) is 4.74 Å². The van der Waals surface area contributed by atoms with Crippen LogP contribution in [0.1, 0.15) is 20.3 Å². The summed E-state index contributed by atoms with van der Waals surface area (Å²) >= 11 is 0. The van der Waals surface area contributed by atoms with Gasteiger partial charge in [0.1, 0.15) is 12.4 Å². The van der Waals surface area contributed by atoms with E-state index in [1.54, 1.807) is 0 Å². The lowest BCUT2D eigenvalue weighted by Gasteiger charge is -2.40. The van der Waals surface area contributed by atoms with Gasteiger partial charge in [-0.05, 0) is 38.4 Å². The van der Waals surface area contributed by atoms with E-state index in [0.717, 1.165) is 18.9 Å². The minimum absolute atomic E-state index is 0.616. The van der Waals surface area contributed by atoms with Crippen LogP contribution in [0, 0.1) is 5.92 Å². The maximum Gasteiger partial charge on any atom is 0.119 e. The first-order chi connectivity index (χ1) is 9.16. The number of piperidine rings is 1. The summed E-state index contributed by atoms with van der Waals surface area (Å²) in [6, 6.07) is 11.3. The van der Waals surface area contributed by atoms with Crippen LogP contribution in [0.3, 0.4) is 0 Å². The highest BCUT2D eigenvalue weighted by atomic mass is 16.5. The fourth-order valence-electron chi connectivity index (χ4n) is 2.76. The molecule has 1 aromatic rings. The van der Waals surface area contributed by atoms with Crippen molar-refractivity contribution in [1.29, 1.82) is 0 Å². The third-order valence-electron chi connectivity index (χ3n) is 4.13. The van der Waals surface area contributed by atoms with E-state index in [2.05, 4.69) is 31.1 Å². The third-order valence-corrected chi connectivity index (χ3v) is 4.13. The van der Waals surface area contributed by atoms with Crippen LogP contribution in [0.2, 0.25) is 0 Å². The van der Waals surface area contributed by atoms with Gasteiger partial charge in [-0.25, -0.2) is 0 Å². The quantitative estimate of drug-likeness (QED) is 0.825. The molecular weight excluding hydrogens is 236 g/mol. The molecule has 19 heavy (non-hydrogen) atoms. The molecule has 0 amide bonds. The molecule has 1 aromatic carbocycles. The molecule has 1 aliphatic heterocycles. The van der Waals surface area contributed by atoms with E-state index in [9.17, 15) is 0 Å². The van der Waals surface area contributed by atoms with Crippen LogP contribution < -0.4 is 10.1 Å². The zero-order valence-electron chi connectivity index (χ0n) is 12.3. The maximum atomic E-state index is 5.71. The third kappa shape index (κ3) is 4.22. The maximum absolute atomic E-state index is 5.71. The molecule has 1 aliphatic rings. The summed E-state index contributed by atoms with van der Waals surface area (Å²) < 4.78 is 5.71. The molecule has 1 saturated heterocycles. The van der Waals surface area contributed by atoms with Gasteiger partial charge in [-0.1, -0.05) is 25.1 Å². The van der Waals surface area contributed by atoms with Crippen molar-refractivity contribution in [3.05, 3.63) is 30.3 Å². The Morgan fingerprint density at radius 1 is 1.26 bits per heavy atom. The highest BCUT2D eigenvalue weighted by Crippen LogP contribution is 2.20. The fourth-order valence-corrected chi connectivity index (χ4v) is 2.76. The zero-order chi connectivity index (χ0) is 13.7. The number of nitrogens with zero attached hydrogens (tertiary/aromatic N) is 1. The number of likely N-dealkylation sites (tertiary alicyclic amines) is 1. The van der Waals surface area contributed by atoms with Gasteiger partial charge in [-0.3, -0.25) is 0 Å². The number of para-hydroxylation sites is 1. The second kappa shape index (κ2) is 6.92. The molecule has 3 atom stereocenters.